The quantitative estimate of drug-likeness (QED) is 0.403. The minimum Gasteiger partial charge on any atom is -0.350 e. The van der Waals surface area contributed by atoms with Crippen molar-refractivity contribution >= 4 is 27.9 Å². The van der Waals surface area contributed by atoms with Gasteiger partial charge in [-0.15, -0.1) is 15.3 Å². The number of nitro benzene ring substituents is 1. The van der Waals surface area contributed by atoms with Gasteiger partial charge in [0, 0.05) is 36.0 Å². The van der Waals surface area contributed by atoms with E-state index >= 15 is 0 Å². The molecular weight excluding hydrogens is 344 g/mol. The van der Waals surface area contributed by atoms with Gasteiger partial charge in [0.05, 0.1) is 4.92 Å². The number of fused-ring (bicyclic) bond motifs is 4. The Labute approximate surface area is 154 Å². The lowest BCUT2D eigenvalue weighted by Crippen LogP contribution is -2.31. The van der Waals surface area contributed by atoms with Gasteiger partial charge in [-0.1, -0.05) is 30.3 Å². The second kappa shape index (κ2) is 5.73. The summed E-state index contributed by atoms with van der Waals surface area (Å²) in [5, 5.41) is 26.3. The van der Waals surface area contributed by atoms with E-state index in [4.69, 9.17) is 5.10 Å². The first-order valence-corrected chi connectivity index (χ1v) is 8.74. The highest BCUT2D eigenvalue weighted by Gasteiger charge is 2.23. The van der Waals surface area contributed by atoms with Gasteiger partial charge in [0.25, 0.3) is 5.69 Å². The van der Waals surface area contributed by atoms with Crippen molar-refractivity contribution in [3.8, 4) is 0 Å². The normalized spacial score (nSPS) is 13.9. The predicted molar refractivity (Wildman–Crippen MR) is 101 cm³/mol. The smallest absolute Gasteiger partial charge is 0.269 e. The molecule has 0 fully saturated rings. The molecular formula is C19H16N6O2. The number of benzene rings is 2. The fraction of sp³-hybridized carbons (Fsp3) is 0.211. The van der Waals surface area contributed by atoms with Crippen LogP contribution in [-0.4, -0.2) is 31.3 Å². The molecule has 2 aromatic carbocycles. The van der Waals surface area contributed by atoms with Crippen molar-refractivity contribution in [3.63, 3.8) is 0 Å². The van der Waals surface area contributed by atoms with E-state index in [0.717, 1.165) is 52.2 Å². The molecule has 0 N–H and O–H groups in total. The number of non-ortho nitro benzene ring substituents is 1. The van der Waals surface area contributed by atoms with Crippen LogP contribution in [0, 0.1) is 17.0 Å². The van der Waals surface area contributed by atoms with Gasteiger partial charge in [-0.2, -0.15) is 4.52 Å². The predicted octanol–water partition coefficient (Wildman–Crippen LogP) is 3.06. The molecule has 0 bridgehead atoms. The van der Waals surface area contributed by atoms with E-state index in [-0.39, 0.29) is 10.6 Å². The zero-order valence-electron chi connectivity index (χ0n) is 14.7. The lowest BCUT2D eigenvalue weighted by atomic mass is 9.98. The van der Waals surface area contributed by atoms with Crippen molar-refractivity contribution in [1.82, 2.24) is 19.8 Å². The molecule has 0 atom stereocenters. The van der Waals surface area contributed by atoms with Gasteiger partial charge in [-0.05, 0) is 24.5 Å². The highest BCUT2D eigenvalue weighted by Crippen LogP contribution is 2.32. The van der Waals surface area contributed by atoms with Gasteiger partial charge in [0.15, 0.2) is 17.3 Å². The molecule has 0 saturated heterocycles. The Morgan fingerprint density at radius 1 is 1.07 bits per heavy atom. The number of hydrogen-bond donors (Lipinski definition) is 0. The molecule has 5 rings (SSSR count). The number of rotatable bonds is 2. The van der Waals surface area contributed by atoms with Gasteiger partial charge < -0.3 is 4.90 Å². The third-order valence-corrected chi connectivity index (χ3v) is 5.11. The van der Waals surface area contributed by atoms with Crippen LogP contribution in [0.25, 0.3) is 16.4 Å². The molecule has 4 aromatic rings. The molecule has 2 aromatic heterocycles. The van der Waals surface area contributed by atoms with Gasteiger partial charge in [0.2, 0.25) is 0 Å². The number of nitrogens with zero attached hydrogens (tertiary/aromatic N) is 6. The molecule has 8 nitrogen and oxygen atoms in total. The van der Waals surface area contributed by atoms with Gasteiger partial charge in [-0.25, -0.2) is 0 Å². The molecule has 1 aliphatic heterocycles. The van der Waals surface area contributed by atoms with Crippen LogP contribution >= 0.6 is 0 Å². The molecule has 0 radical (unpaired) electrons. The summed E-state index contributed by atoms with van der Waals surface area (Å²) in [6.45, 7) is 3.26. The minimum absolute atomic E-state index is 0.124. The molecule has 8 heteroatoms. The summed E-state index contributed by atoms with van der Waals surface area (Å²) in [4.78, 5) is 13.0. The van der Waals surface area contributed by atoms with Crippen molar-refractivity contribution in [2.24, 2.45) is 0 Å². The molecule has 0 unspecified atom stereocenters. The van der Waals surface area contributed by atoms with E-state index in [9.17, 15) is 10.1 Å². The van der Waals surface area contributed by atoms with Gasteiger partial charge in [0.1, 0.15) is 0 Å². The lowest BCUT2D eigenvalue weighted by Gasteiger charge is -2.30. The summed E-state index contributed by atoms with van der Waals surface area (Å²) in [7, 11) is 0. The largest absolute Gasteiger partial charge is 0.350 e. The molecule has 3 heterocycles. The average Bonchev–Trinajstić information content (AvgIpc) is 3.07. The van der Waals surface area contributed by atoms with Crippen molar-refractivity contribution in [3.05, 3.63) is 69.5 Å². The SMILES string of the molecule is Cc1nnc2c3ccccc3c(N3CCc4ccc([N+](=O)[O-])cc4C3)nn12. The zero-order chi connectivity index (χ0) is 18.5. The van der Waals surface area contributed by atoms with Crippen molar-refractivity contribution in [2.75, 3.05) is 11.4 Å². The lowest BCUT2D eigenvalue weighted by molar-refractivity contribution is -0.384. The van der Waals surface area contributed by atoms with E-state index in [1.165, 1.54) is 0 Å². The Morgan fingerprint density at radius 2 is 1.89 bits per heavy atom. The zero-order valence-corrected chi connectivity index (χ0v) is 14.7. The fourth-order valence-electron chi connectivity index (χ4n) is 3.74. The van der Waals surface area contributed by atoms with Crippen LogP contribution in [0.3, 0.4) is 0 Å². The first-order valence-electron chi connectivity index (χ1n) is 8.74. The molecule has 0 aliphatic carbocycles. The van der Waals surface area contributed by atoms with Crippen molar-refractivity contribution < 1.29 is 4.92 Å². The first kappa shape index (κ1) is 15.7. The fourth-order valence-corrected chi connectivity index (χ4v) is 3.74. The Bertz CT molecular complexity index is 1220. The summed E-state index contributed by atoms with van der Waals surface area (Å²) in [5.74, 6) is 1.57. The van der Waals surface area contributed by atoms with E-state index in [1.54, 1.807) is 16.6 Å². The average molecular weight is 360 g/mol. The second-order valence-corrected chi connectivity index (χ2v) is 6.73. The van der Waals surface area contributed by atoms with Crippen LogP contribution in [-0.2, 0) is 13.0 Å². The molecule has 1 aliphatic rings. The minimum atomic E-state index is -0.348. The standard InChI is InChI=1S/C19H16N6O2/c1-12-20-21-18-16-4-2-3-5-17(16)19(22-24(12)18)23-9-8-13-6-7-15(25(26)27)10-14(13)11-23/h2-7,10H,8-9,11H2,1H3. The molecule has 0 spiro atoms. The van der Waals surface area contributed by atoms with Crippen LogP contribution < -0.4 is 4.90 Å². The Balaban J connectivity index is 1.66. The maximum absolute atomic E-state index is 11.1. The molecule has 134 valence electrons. The van der Waals surface area contributed by atoms with Gasteiger partial charge >= 0.3 is 0 Å². The third kappa shape index (κ3) is 2.41. The van der Waals surface area contributed by atoms with E-state index < -0.39 is 0 Å². The second-order valence-electron chi connectivity index (χ2n) is 6.73. The topological polar surface area (TPSA) is 89.5 Å². The molecule has 0 saturated carbocycles. The highest BCUT2D eigenvalue weighted by molar-refractivity contribution is 6.00. The number of hydrogen-bond acceptors (Lipinski definition) is 6. The third-order valence-electron chi connectivity index (χ3n) is 5.11. The number of nitro groups is 1. The van der Waals surface area contributed by atoms with Crippen LogP contribution in [0.1, 0.15) is 17.0 Å². The summed E-state index contributed by atoms with van der Waals surface area (Å²) < 4.78 is 1.76. The van der Waals surface area contributed by atoms with E-state index in [1.807, 2.05) is 37.3 Å². The monoisotopic (exact) mass is 360 g/mol. The van der Waals surface area contributed by atoms with E-state index in [2.05, 4.69) is 15.1 Å². The van der Waals surface area contributed by atoms with Crippen molar-refractivity contribution in [2.45, 2.75) is 19.9 Å². The summed E-state index contributed by atoms with van der Waals surface area (Å²) in [6, 6.07) is 13.1. The van der Waals surface area contributed by atoms with Crippen LogP contribution in [0.2, 0.25) is 0 Å². The van der Waals surface area contributed by atoms with E-state index in [0.29, 0.717) is 6.54 Å². The number of aromatic nitrogens is 4. The highest BCUT2D eigenvalue weighted by atomic mass is 16.6. The van der Waals surface area contributed by atoms with Crippen molar-refractivity contribution in [1.29, 1.82) is 0 Å². The van der Waals surface area contributed by atoms with Gasteiger partial charge in [-0.3, -0.25) is 10.1 Å². The summed E-state index contributed by atoms with van der Waals surface area (Å²) in [5.41, 5.74) is 2.99. The first-order chi connectivity index (χ1) is 13.1. The summed E-state index contributed by atoms with van der Waals surface area (Å²) >= 11 is 0. The van der Waals surface area contributed by atoms with Crippen LogP contribution in [0.5, 0.6) is 0 Å². The van der Waals surface area contributed by atoms with Crippen LogP contribution in [0.4, 0.5) is 11.5 Å². The Morgan fingerprint density at radius 3 is 2.70 bits per heavy atom. The number of anilines is 1. The maximum Gasteiger partial charge on any atom is 0.269 e. The molecule has 27 heavy (non-hydrogen) atoms. The molecule has 0 amide bonds. The Hall–Kier alpha value is -3.55. The summed E-state index contributed by atoms with van der Waals surface area (Å²) in [6.07, 6.45) is 0.822. The Kier molecular flexibility index (Phi) is 3.33. The van der Waals surface area contributed by atoms with Crippen LogP contribution in [0.15, 0.2) is 42.5 Å². The number of aryl methyl sites for hydroxylation is 1. The maximum atomic E-state index is 11.1.